The van der Waals surface area contributed by atoms with Crippen molar-refractivity contribution in [1.29, 1.82) is 0 Å². The van der Waals surface area contributed by atoms with Crippen molar-refractivity contribution in [3.63, 3.8) is 0 Å². The van der Waals surface area contributed by atoms with E-state index < -0.39 is 0 Å². The lowest BCUT2D eigenvalue weighted by atomic mass is 10.3. The van der Waals surface area contributed by atoms with Crippen LogP contribution in [0.1, 0.15) is 17.0 Å². The summed E-state index contributed by atoms with van der Waals surface area (Å²) in [5.41, 5.74) is 3.07. The second-order valence-corrected chi connectivity index (χ2v) is 4.81. The van der Waals surface area contributed by atoms with Crippen LogP contribution in [0.25, 0.3) is 0 Å². The van der Waals surface area contributed by atoms with Crippen molar-refractivity contribution in [3.05, 3.63) is 34.4 Å². The Morgan fingerprint density at radius 1 is 1.39 bits per heavy atom. The number of halogens is 1. The van der Waals surface area contributed by atoms with Gasteiger partial charge in [-0.05, 0) is 19.4 Å². The topological polar surface area (TPSA) is 47.7 Å². The van der Waals surface area contributed by atoms with Crippen LogP contribution in [0.15, 0.2) is 12.4 Å². The largest absolute Gasteiger partial charge is 0.309 e. The lowest BCUT2D eigenvalue weighted by Crippen LogP contribution is -2.21. The Kier molecular flexibility index (Phi) is 4.04. The predicted molar refractivity (Wildman–Crippen MR) is 71.6 cm³/mol. The van der Waals surface area contributed by atoms with Crippen LogP contribution in [0.5, 0.6) is 0 Å². The molecular weight excluding hydrogens is 250 g/mol. The number of hydrogen-bond donors (Lipinski definition) is 1. The van der Waals surface area contributed by atoms with Gasteiger partial charge in [0.05, 0.1) is 29.2 Å². The Morgan fingerprint density at radius 3 is 2.72 bits per heavy atom. The summed E-state index contributed by atoms with van der Waals surface area (Å²) in [5, 5.41) is 12.6. The number of aryl methyl sites for hydroxylation is 3. The van der Waals surface area contributed by atoms with Crippen molar-refractivity contribution in [3.8, 4) is 0 Å². The normalized spacial score (nSPS) is 11.1. The molecule has 0 atom stereocenters. The van der Waals surface area contributed by atoms with E-state index in [0.717, 1.165) is 36.0 Å². The molecule has 0 saturated carbocycles. The van der Waals surface area contributed by atoms with Gasteiger partial charge in [0.25, 0.3) is 0 Å². The molecular formula is C12H18ClN5. The molecule has 2 aromatic rings. The Hall–Kier alpha value is -1.33. The molecule has 0 bridgehead atoms. The molecule has 5 nitrogen and oxygen atoms in total. The van der Waals surface area contributed by atoms with Crippen molar-refractivity contribution < 1.29 is 0 Å². The fraction of sp³-hybridized carbons (Fsp3) is 0.500. The smallest absolute Gasteiger partial charge is 0.0860 e. The first-order valence-corrected chi connectivity index (χ1v) is 6.33. The maximum Gasteiger partial charge on any atom is 0.0860 e. The highest BCUT2D eigenvalue weighted by molar-refractivity contribution is 6.31. The predicted octanol–water partition coefficient (Wildman–Crippen LogP) is 1.68. The van der Waals surface area contributed by atoms with E-state index in [1.165, 1.54) is 5.56 Å². The SMILES string of the molecule is Cc1cnn(CCNCc2c(Cl)c(C)nn2C)c1. The minimum Gasteiger partial charge on any atom is -0.309 e. The first-order valence-electron chi connectivity index (χ1n) is 5.95. The summed E-state index contributed by atoms with van der Waals surface area (Å²) in [6.45, 7) is 6.37. The highest BCUT2D eigenvalue weighted by Gasteiger charge is 2.09. The summed E-state index contributed by atoms with van der Waals surface area (Å²) in [7, 11) is 1.91. The molecule has 2 aromatic heterocycles. The Morgan fingerprint density at radius 2 is 2.17 bits per heavy atom. The summed E-state index contributed by atoms with van der Waals surface area (Å²) in [4.78, 5) is 0. The number of nitrogens with zero attached hydrogens (tertiary/aromatic N) is 4. The Labute approximate surface area is 112 Å². The van der Waals surface area contributed by atoms with Gasteiger partial charge in [0.15, 0.2) is 0 Å². The van der Waals surface area contributed by atoms with E-state index in [0.29, 0.717) is 0 Å². The molecule has 98 valence electrons. The van der Waals surface area contributed by atoms with Crippen LogP contribution >= 0.6 is 11.6 Å². The van der Waals surface area contributed by atoms with Crippen LogP contribution in [0, 0.1) is 13.8 Å². The molecule has 1 N–H and O–H groups in total. The molecule has 2 heterocycles. The van der Waals surface area contributed by atoms with Crippen LogP contribution < -0.4 is 5.32 Å². The summed E-state index contributed by atoms with van der Waals surface area (Å²) in [6, 6.07) is 0. The Balaban J connectivity index is 1.82. The molecule has 0 fully saturated rings. The fourth-order valence-corrected chi connectivity index (χ4v) is 2.09. The van der Waals surface area contributed by atoms with Crippen molar-refractivity contribution >= 4 is 11.6 Å². The fourth-order valence-electron chi connectivity index (χ4n) is 1.86. The average Bonchev–Trinajstić information content (AvgIpc) is 2.82. The summed E-state index contributed by atoms with van der Waals surface area (Å²) in [5.74, 6) is 0. The van der Waals surface area contributed by atoms with Crippen molar-refractivity contribution in [2.75, 3.05) is 6.54 Å². The maximum absolute atomic E-state index is 6.17. The standard InChI is InChI=1S/C12H18ClN5/c1-9-6-15-18(8-9)5-4-14-7-11-12(13)10(2)16-17(11)3/h6,8,14H,4-5,7H2,1-3H3. The molecule has 0 aliphatic carbocycles. The van der Waals surface area contributed by atoms with Crippen LogP contribution in [0.2, 0.25) is 5.02 Å². The third kappa shape index (κ3) is 2.91. The molecule has 0 amide bonds. The third-order valence-corrected chi connectivity index (χ3v) is 3.33. The second kappa shape index (κ2) is 5.54. The van der Waals surface area contributed by atoms with Gasteiger partial charge in [-0.2, -0.15) is 10.2 Å². The lowest BCUT2D eigenvalue weighted by Gasteiger charge is -2.06. The zero-order valence-electron chi connectivity index (χ0n) is 10.9. The summed E-state index contributed by atoms with van der Waals surface area (Å²) in [6.07, 6.45) is 3.89. The first-order chi connectivity index (χ1) is 8.58. The number of aromatic nitrogens is 4. The van der Waals surface area contributed by atoms with Gasteiger partial charge in [-0.15, -0.1) is 0 Å². The van der Waals surface area contributed by atoms with Crippen LogP contribution in [-0.2, 0) is 20.1 Å². The highest BCUT2D eigenvalue weighted by Crippen LogP contribution is 2.18. The monoisotopic (exact) mass is 267 g/mol. The molecule has 18 heavy (non-hydrogen) atoms. The zero-order valence-corrected chi connectivity index (χ0v) is 11.7. The van der Waals surface area contributed by atoms with Gasteiger partial charge in [-0.25, -0.2) is 0 Å². The molecule has 0 saturated heterocycles. The summed E-state index contributed by atoms with van der Waals surface area (Å²) < 4.78 is 3.75. The number of nitrogens with one attached hydrogen (secondary N) is 1. The van der Waals surface area contributed by atoms with Gasteiger partial charge in [-0.1, -0.05) is 11.6 Å². The van der Waals surface area contributed by atoms with Crippen LogP contribution in [0.4, 0.5) is 0 Å². The van der Waals surface area contributed by atoms with Gasteiger partial charge in [-0.3, -0.25) is 9.36 Å². The van der Waals surface area contributed by atoms with Crippen LogP contribution in [-0.4, -0.2) is 26.1 Å². The molecule has 0 radical (unpaired) electrons. The first kappa shape index (κ1) is 13.1. The molecule has 2 rings (SSSR count). The van der Waals surface area contributed by atoms with Crippen molar-refractivity contribution in [1.82, 2.24) is 24.9 Å². The molecule has 0 unspecified atom stereocenters. The Bertz CT molecular complexity index is 529. The van der Waals surface area contributed by atoms with Crippen LogP contribution in [0.3, 0.4) is 0 Å². The van der Waals surface area contributed by atoms with Crippen molar-refractivity contribution in [2.45, 2.75) is 26.9 Å². The van der Waals surface area contributed by atoms with E-state index in [1.807, 2.05) is 42.7 Å². The van der Waals surface area contributed by atoms with Gasteiger partial charge >= 0.3 is 0 Å². The zero-order chi connectivity index (χ0) is 13.1. The minimum atomic E-state index is 0.719. The van der Waals surface area contributed by atoms with E-state index in [2.05, 4.69) is 15.5 Å². The minimum absolute atomic E-state index is 0.719. The van der Waals surface area contributed by atoms with Gasteiger partial charge < -0.3 is 5.32 Å². The van der Waals surface area contributed by atoms with E-state index in [-0.39, 0.29) is 0 Å². The highest BCUT2D eigenvalue weighted by atomic mass is 35.5. The number of hydrogen-bond acceptors (Lipinski definition) is 3. The summed E-state index contributed by atoms with van der Waals surface area (Å²) >= 11 is 6.17. The van der Waals surface area contributed by atoms with E-state index in [1.54, 1.807) is 0 Å². The van der Waals surface area contributed by atoms with Gasteiger partial charge in [0.2, 0.25) is 0 Å². The molecule has 0 spiro atoms. The molecule has 0 aliphatic rings. The van der Waals surface area contributed by atoms with E-state index in [9.17, 15) is 0 Å². The van der Waals surface area contributed by atoms with Gasteiger partial charge in [0, 0.05) is 26.3 Å². The molecule has 6 heteroatoms. The van der Waals surface area contributed by atoms with Gasteiger partial charge in [0.1, 0.15) is 0 Å². The van der Waals surface area contributed by atoms with E-state index >= 15 is 0 Å². The second-order valence-electron chi connectivity index (χ2n) is 4.43. The third-order valence-electron chi connectivity index (χ3n) is 2.83. The average molecular weight is 268 g/mol. The maximum atomic E-state index is 6.17. The lowest BCUT2D eigenvalue weighted by molar-refractivity contribution is 0.541. The molecule has 0 aromatic carbocycles. The van der Waals surface area contributed by atoms with E-state index in [4.69, 9.17) is 11.6 Å². The quantitative estimate of drug-likeness (QED) is 0.839. The van der Waals surface area contributed by atoms with Crippen molar-refractivity contribution in [2.24, 2.45) is 7.05 Å². The molecule has 0 aliphatic heterocycles. The number of rotatable bonds is 5.